The number of aliphatic hydroxyl groups is 6. The highest BCUT2D eigenvalue weighted by molar-refractivity contribution is 8.08. The van der Waals surface area contributed by atoms with Crippen LogP contribution in [0.25, 0.3) is 11.2 Å². The number of aromatic nitrogens is 4. The van der Waals surface area contributed by atoms with Gasteiger partial charge in [0.2, 0.25) is 0 Å². The molecule has 10 N–H and O–H groups in total. The quantitative estimate of drug-likeness (QED) is 0.114. The maximum atomic E-state index is 14.9. The van der Waals surface area contributed by atoms with Gasteiger partial charge in [-0.15, -0.1) is 0 Å². The fourth-order valence-electron chi connectivity index (χ4n) is 4.18. The number of alkyl halides is 1. The number of nitrogens with two attached hydrogens (primary N) is 1. The first-order valence-corrected chi connectivity index (χ1v) is 15.8. The third kappa shape index (κ3) is 7.07. The number of phosphoric acid groups is 1. The molecule has 2 aliphatic rings. The molecule has 19 nitrogen and oxygen atoms in total. The molecule has 2 aromatic heterocycles. The van der Waals surface area contributed by atoms with Crippen molar-refractivity contribution in [2.24, 2.45) is 5.92 Å². The number of phosphoric ester groups is 1. The van der Waals surface area contributed by atoms with Gasteiger partial charge in [-0.1, -0.05) is 0 Å². The summed E-state index contributed by atoms with van der Waals surface area (Å²) in [7, 11) is -5.44. The van der Waals surface area contributed by atoms with Gasteiger partial charge in [0.1, 0.15) is 36.3 Å². The van der Waals surface area contributed by atoms with Crippen molar-refractivity contribution in [2.75, 3.05) is 25.6 Å². The predicted octanol–water partition coefficient (Wildman–Crippen LogP) is -3.22. The van der Waals surface area contributed by atoms with Crippen LogP contribution in [0.15, 0.2) is 12.7 Å². The van der Waals surface area contributed by atoms with Crippen LogP contribution in [0, 0.1) is 5.92 Å². The largest absolute Gasteiger partial charge is 0.481 e. The van der Waals surface area contributed by atoms with E-state index in [2.05, 4.69) is 23.8 Å². The second kappa shape index (κ2) is 12.7. The van der Waals surface area contributed by atoms with Gasteiger partial charge in [0.15, 0.2) is 30.2 Å². The summed E-state index contributed by atoms with van der Waals surface area (Å²) in [5.74, 6) is -1.30. The Labute approximate surface area is 234 Å². The highest BCUT2D eigenvalue weighted by Crippen LogP contribution is 2.61. The van der Waals surface area contributed by atoms with E-state index in [1.807, 2.05) is 0 Å². The average Bonchev–Trinajstić information content (AvgIpc) is 3.43. The molecule has 0 aliphatic carbocycles. The Morgan fingerprint density at radius 2 is 1.88 bits per heavy atom. The molecule has 2 aromatic rings. The summed E-state index contributed by atoms with van der Waals surface area (Å²) in [5, 5.41) is 59.6. The van der Waals surface area contributed by atoms with Crippen molar-refractivity contribution in [2.45, 2.75) is 55.3 Å². The number of hydrogen-bond acceptors (Lipinski definition) is 17. The summed E-state index contributed by atoms with van der Waals surface area (Å²) >= 11 is 4.69. The first-order valence-electron chi connectivity index (χ1n) is 11.7. The molecule has 0 saturated carbocycles. The van der Waals surface area contributed by atoms with Crippen molar-refractivity contribution in [3.8, 4) is 0 Å². The van der Waals surface area contributed by atoms with Crippen LogP contribution in [0.2, 0.25) is 0 Å². The fourth-order valence-corrected chi connectivity index (χ4v) is 7.29. The summed E-state index contributed by atoms with van der Waals surface area (Å²) in [5.41, 5.74) is 5.97. The number of hydrogen-bond donors (Lipinski definition) is 9. The van der Waals surface area contributed by atoms with E-state index < -0.39 is 95.6 Å². The first-order chi connectivity index (χ1) is 19.2. The lowest BCUT2D eigenvalue weighted by atomic mass is 9.92. The summed E-state index contributed by atoms with van der Waals surface area (Å²) in [6.07, 6.45) is -14.3. The van der Waals surface area contributed by atoms with Crippen LogP contribution in [-0.2, 0) is 39.2 Å². The summed E-state index contributed by atoms with van der Waals surface area (Å²) < 4.78 is 53.3. The SMILES string of the molecule is Nc1ncnc2c1ncn2[C@@H]1O[C@H](COP(O)(=S)OP(=O)(O)OC2OCC([C@@H](O)CO)C(O)C(O)C2O)[C@@H](O)[C@H]1F. The highest BCUT2D eigenvalue weighted by atomic mass is 32.5. The number of nitrogens with zero attached hydrogens (tertiary/aromatic N) is 4. The number of anilines is 1. The lowest BCUT2D eigenvalue weighted by molar-refractivity contribution is -0.173. The molecule has 0 bridgehead atoms. The van der Waals surface area contributed by atoms with E-state index >= 15 is 0 Å². The minimum absolute atomic E-state index is 0.0198. The molecular formula is C18H28FN5O14P2S. The van der Waals surface area contributed by atoms with Crippen LogP contribution in [0.5, 0.6) is 0 Å². The molecule has 4 heterocycles. The Morgan fingerprint density at radius 3 is 2.56 bits per heavy atom. The monoisotopic (exact) mass is 651 g/mol. The number of nitrogen functional groups attached to an aromatic ring is 1. The van der Waals surface area contributed by atoms with Gasteiger partial charge in [-0.3, -0.25) is 9.09 Å². The molecule has 0 radical (unpaired) electrons. The second-order valence-corrected chi connectivity index (χ2v) is 13.5. The van der Waals surface area contributed by atoms with E-state index in [4.69, 9.17) is 36.6 Å². The Bertz CT molecular complexity index is 1310. The minimum Gasteiger partial charge on any atom is -0.394 e. The van der Waals surface area contributed by atoms with E-state index in [0.717, 1.165) is 17.2 Å². The van der Waals surface area contributed by atoms with Crippen LogP contribution in [0.4, 0.5) is 10.2 Å². The Balaban J connectivity index is 1.37. The normalized spacial score (nSPS) is 36.5. The van der Waals surface area contributed by atoms with Crippen molar-refractivity contribution in [3.05, 3.63) is 12.7 Å². The van der Waals surface area contributed by atoms with Gasteiger partial charge in [-0.25, -0.2) is 28.2 Å². The summed E-state index contributed by atoms with van der Waals surface area (Å²) in [6, 6.07) is 0. The lowest BCUT2D eigenvalue weighted by Crippen LogP contribution is -2.47. The second-order valence-electron chi connectivity index (χ2n) is 9.09. The molecule has 12 atom stereocenters. The zero-order valence-electron chi connectivity index (χ0n) is 20.6. The molecule has 4 rings (SSSR count). The smallest absolute Gasteiger partial charge is 0.394 e. The topological polar surface area (TPSA) is 295 Å². The third-order valence-corrected chi connectivity index (χ3v) is 9.87. The van der Waals surface area contributed by atoms with E-state index in [1.54, 1.807) is 0 Å². The van der Waals surface area contributed by atoms with E-state index in [1.165, 1.54) is 0 Å². The number of rotatable bonds is 10. The van der Waals surface area contributed by atoms with E-state index in [9.17, 15) is 44.3 Å². The van der Waals surface area contributed by atoms with Gasteiger partial charge in [-0.2, -0.15) is 0 Å². The molecular weight excluding hydrogens is 623 g/mol. The number of aliphatic hydroxyl groups excluding tert-OH is 6. The number of ether oxygens (including phenoxy) is 2. The summed E-state index contributed by atoms with van der Waals surface area (Å²) in [6.45, 7) is -7.01. The Kier molecular flexibility index (Phi) is 10.1. The molecule has 41 heavy (non-hydrogen) atoms. The zero-order valence-corrected chi connectivity index (χ0v) is 23.2. The van der Waals surface area contributed by atoms with Crippen molar-refractivity contribution in [1.82, 2.24) is 19.5 Å². The molecule has 2 aliphatic heterocycles. The fraction of sp³-hybridized carbons (Fsp3) is 0.722. The van der Waals surface area contributed by atoms with Crippen LogP contribution in [0.3, 0.4) is 0 Å². The number of imidazole rings is 1. The molecule has 7 unspecified atom stereocenters. The van der Waals surface area contributed by atoms with Crippen molar-refractivity contribution < 1.29 is 72.2 Å². The van der Waals surface area contributed by atoms with Crippen LogP contribution in [-0.4, -0.2) is 129 Å². The first kappa shape index (κ1) is 32.6. The molecule has 0 spiro atoms. The van der Waals surface area contributed by atoms with Crippen LogP contribution in [0.1, 0.15) is 6.23 Å². The summed E-state index contributed by atoms with van der Waals surface area (Å²) in [4.78, 5) is 32.1. The van der Waals surface area contributed by atoms with Crippen LogP contribution < -0.4 is 5.73 Å². The Hall–Kier alpha value is -1.36. The van der Waals surface area contributed by atoms with Gasteiger partial charge >= 0.3 is 14.5 Å². The van der Waals surface area contributed by atoms with Crippen molar-refractivity contribution in [1.29, 1.82) is 0 Å². The van der Waals surface area contributed by atoms with E-state index in [-0.39, 0.29) is 17.0 Å². The molecule has 2 fully saturated rings. The van der Waals surface area contributed by atoms with Gasteiger partial charge in [-0.05, 0) is 11.8 Å². The predicted molar refractivity (Wildman–Crippen MR) is 133 cm³/mol. The molecule has 0 amide bonds. The average molecular weight is 651 g/mol. The van der Waals surface area contributed by atoms with Crippen LogP contribution >= 0.6 is 14.5 Å². The Morgan fingerprint density at radius 1 is 1.17 bits per heavy atom. The number of halogens is 1. The van der Waals surface area contributed by atoms with Gasteiger partial charge < -0.3 is 60.2 Å². The minimum atomic E-state index is -5.44. The number of fused-ring (bicyclic) bond motifs is 1. The van der Waals surface area contributed by atoms with E-state index in [0.29, 0.717) is 0 Å². The standard InChI is InChI=1S/C18H28FN5O14P2S/c19-9-12(28)8(36-17(9)24-5-23-10-15(20)21-4-22-16(10)24)3-35-40(33,41)38-39(31,32)37-18-14(30)13(29)11(27)6(2-34-18)7(26)1-25/h4-9,11-14,17-18,25-30H,1-3H2,(H,31,32)(H,33,41)(H2,20,21,22)/t6?,7-,8+,9+,11?,12+,13?,14?,17+,18?,40?/m0/s1. The van der Waals surface area contributed by atoms with Crippen molar-refractivity contribution in [3.63, 3.8) is 0 Å². The van der Waals surface area contributed by atoms with Gasteiger partial charge in [0.05, 0.1) is 38.4 Å². The van der Waals surface area contributed by atoms with Gasteiger partial charge in [0.25, 0.3) is 0 Å². The molecule has 23 heteroatoms. The zero-order chi connectivity index (χ0) is 30.3. The maximum absolute atomic E-state index is 14.9. The molecule has 232 valence electrons. The van der Waals surface area contributed by atoms with Gasteiger partial charge in [0, 0.05) is 5.92 Å². The molecule has 2 saturated heterocycles. The third-order valence-electron chi connectivity index (χ3n) is 6.35. The highest BCUT2D eigenvalue weighted by Gasteiger charge is 2.48. The lowest BCUT2D eigenvalue weighted by Gasteiger charge is -2.28. The molecule has 0 aromatic carbocycles. The van der Waals surface area contributed by atoms with Crippen molar-refractivity contribution >= 4 is 43.3 Å². The maximum Gasteiger partial charge on any atom is 0.481 e.